The van der Waals surface area contributed by atoms with Crippen LogP contribution in [0.4, 0.5) is 0 Å². The van der Waals surface area contributed by atoms with Gasteiger partial charge in [0.2, 0.25) is 0 Å². The van der Waals surface area contributed by atoms with Gasteiger partial charge in [0, 0.05) is 23.7 Å². The van der Waals surface area contributed by atoms with Crippen LogP contribution in [0.25, 0.3) is 10.9 Å². The van der Waals surface area contributed by atoms with Gasteiger partial charge in [-0.05, 0) is 61.3 Å². The van der Waals surface area contributed by atoms with Crippen molar-refractivity contribution in [3.05, 3.63) is 54.2 Å². The van der Waals surface area contributed by atoms with E-state index in [1.54, 1.807) is 0 Å². The fourth-order valence-corrected chi connectivity index (χ4v) is 4.94. The molecule has 26 heavy (non-hydrogen) atoms. The third-order valence-electron chi connectivity index (χ3n) is 6.26. The topological polar surface area (TPSA) is 36.4 Å². The smallest absolute Gasteiger partial charge is 0.0952 e. The molecule has 2 bridgehead atoms. The lowest BCUT2D eigenvalue weighted by Gasteiger charge is -2.50. The van der Waals surface area contributed by atoms with Crippen LogP contribution in [0, 0.1) is 17.8 Å². The second-order valence-electron chi connectivity index (χ2n) is 8.51. The largest absolute Gasteiger partial charge is 0.387 e. The molecule has 0 radical (unpaired) electrons. The van der Waals surface area contributed by atoms with E-state index in [4.69, 9.17) is 4.98 Å². The molecule has 5 atom stereocenters. The molecule has 138 valence electrons. The van der Waals surface area contributed by atoms with Crippen molar-refractivity contribution in [2.45, 2.75) is 45.3 Å². The Kier molecular flexibility index (Phi) is 4.85. The zero-order chi connectivity index (χ0) is 18.3. The van der Waals surface area contributed by atoms with E-state index >= 15 is 0 Å². The van der Waals surface area contributed by atoms with E-state index in [0.29, 0.717) is 17.8 Å². The van der Waals surface area contributed by atoms with Crippen molar-refractivity contribution in [1.82, 2.24) is 9.88 Å². The third-order valence-corrected chi connectivity index (χ3v) is 6.26. The standard InChI is InChI=1S/C23H30N2O/c1-4-16-14-25-10-9-17(16)12-22(25)23(26)20-13-18(11-15(2)3)24-21-8-6-5-7-19(20)21/h4-8,13,15-17,22-23,26H,1,9-12,14H2,2-3H3. The summed E-state index contributed by atoms with van der Waals surface area (Å²) in [6.07, 6.45) is 4.90. The molecule has 3 heteroatoms. The highest BCUT2D eigenvalue weighted by Crippen LogP contribution is 2.42. The van der Waals surface area contributed by atoms with Gasteiger partial charge in [0.15, 0.2) is 0 Å². The van der Waals surface area contributed by atoms with Crippen LogP contribution >= 0.6 is 0 Å². The highest BCUT2D eigenvalue weighted by Gasteiger charge is 2.42. The van der Waals surface area contributed by atoms with E-state index in [1.165, 1.54) is 6.42 Å². The molecule has 1 aromatic heterocycles. The van der Waals surface area contributed by atoms with Crippen molar-refractivity contribution in [2.24, 2.45) is 17.8 Å². The number of hydrogen-bond donors (Lipinski definition) is 1. The van der Waals surface area contributed by atoms with Gasteiger partial charge in [-0.2, -0.15) is 0 Å². The molecule has 0 saturated carbocycles. The van der Waals surface area contributed by atoms with Gasteiger partial charge < -0.3 is 5.11 Å². The Labute approximate surface area is 156 Å². The molecule has 0 amide bonds. The second kappa shape index (κ2) is 7.13. The molecule has 3 aliphatic heterocycles. The molecule has 0 aliphatic carbocycles. The number of hydrogen-bond acceptors (Lipinski definition) is 3. The maximum Gasteiger partial charge on any atom is 0.0952 e. The van der Waals surface area contributed by atoms with Gasteiger partial charge in [0.05, 0.1) is 11.6 Å². The maximum absolute atomic E-state index is 11.4. The first-order valence-electron chi connectivity index (χ1n) is 10.00. The molecular formula is C23H30N2O. The Bertz CT molecular complexity index is 800. The summed E-state index contributed by atoms with van der Waals surface area (Å²) < 4.78 is 0. The van der Waals surface area contributed by atoms with Crippen molar-refractivity contribution < 1.29 is 5.11 Å². The van der Waals surface area contributed by atoms with Crippen LogP contribution in [0.5, 0.6) is 0 Å². The molecule has 3 aliphatic rings. The minimum Gasteiger partial charge on any atom is -0.387 e. The lowest BCUT2D eigenvalue weighted by Crippen LogP contribution is -2.54. The Morgan fingerprint density at radius 1 is 1.35 bits per heavy atom. The van der Waals surface area contributed by atoms with Crippen LogP contribution in [0.15, 0.2) is 43.0 Å². The van der Waals surface area contributed by atoms with E-state index in [0.717, 1.165) is 48.1 Å². The number of rotatable bonds is 5. The third kappa shape index (κ3) is 3.19. The average Bonchev–Trinajstić information content (AvgIpc) is 2.66. The molecule has 5 unspecified atom stereocenters. The predicted molar refractivity (Wildman–Crippen MR) is 107 cm³/mol. The summed E-state index contributed by atoms with van der Waals surface area (Å²) in [6, 6.07) is 10.6. The molecule has 3 saturated heterocycles. The van der Waals surface area contributed by atoms with Gasteiger partial charge >= 0.3 is 0 Å². The monoisotopic (exact) mass is 350 g/mol. The lowest BCUT2D eigenvalue weighted by atomic mass is 9.73. The van der Waals surface area contributed by atoms with E-state index in [-0.39, 0.29) is 6.04 Å². The first kappa shape index (κ1) is 17.7. The van der Waals surface area contributed by atoms with Crippen LogP contribution in [-0.4, -0.2) is 34.1 Å². The quantitative estimate of drug-likeness (QED) is 0.814. The summed E-state index contributed by atoms with van der Waals surface area (Å²) in [5.41, 5.74) is 3.14. The minimum absolute atomic E-state index is 0.211. The summed E-state index contributed by atoms with van der Waals surface area (Å²) in [7, 11) is 0. The normalized spacial score (nSPS) is 29.2. The number of piperidine rings is 3. The van der Waals surface area contributed by atoms with E-state index < -0.39 is 6.10 Å². The molecule has 2 aromatic rings. The first-order chi connectivity index (χ1) is 12.6. The number of para-hydroxylation sites is 1. The predicted octanol–water partition coefficient (Wildman–Crippen LogP) is 4.36. The molecule has 1 aromatic carbocycles. The van der Waals surface area contributed by atoms with Crippen molar-refractivity contribution in [2.75, 3.05) is 13.1 Å². The summed E-state index contributed by atoms with van der Waals surface area (Å²) >= 11 is 0. The Morgan fingerprint density at radius 3 is 2.85 bits per heavy atom. The lowest BCUT2D eigenvalue weighted by molar-refractivity contribution is -0.0445. The van der Waals surface area contributed by atoms with Crippen molar-refractivity contribution >= 4 is 10.9 Å². The Hall–Kier alpha value is -1.71. The van der Waals surface area contributed by atoms with Crippen LogP contribution < -0.4 is 0 Å². The summed E-state index contributed by atoms with van der Waals surface area (Å²) in [4.78, 5) is 7.32. The Balaban J connectivity index is 1.70. The minimum atomic E-state index is -0.456. The summed E-state index contributed by atoms with van der Waals surface area (Å²) in [5.74, 6) is 1.80. The van der Waals surface area contributed by atoms with Gasteiger partial charge in [0.1, 0.15) is 0 Å². The maximum atomic E-state index is 11.4. The number of nitrogens with zero attached hydrogens (tertiary/aromatic N) is 2. The van der Waals surface area contributed by atoms with E-state index in [9.17, 15) is 5.11 Å². The Morgan fingerprint density at radius 2 is 2.15 bits per heavy atom. The number of pyridine rings is 1. The molecule has 1 N–H and O–H groups in total. The average molecular weight is 351 g/mol. The fourth-order valence-electron chi connectivity index (χ4n) is 4.94. The van der Waals surface area contributed by atoms with E-state index in [2.05, 4.69) is 49.6 Å². The second-order valence-corrected chi connectivity index (χ2v) is 8.51. The van der Waals surface area contributed by atoms with Crippen LogP contribution in [0.2, 0.25) is 0 Å². The van der Waals surface area contributed by atoms with Gasteiger partial charge in [-0.1, -0.05) is 38.1 Å². The summed E-state index contributed by atoms with van der Waals surface area (Å²) in [6.45, 7) is 10.6. The zero-order valence-electron chi connectivity index (χ0n) is 15.9. The number of fused-ring (bicyclic) bond motifs is 4. The van der Waals surface area contributed by atoms with Gasteiger partial charge in [0.25, 0.3) is 0 Å². The first-order valence-corrected chi connectivity index (χ1v) is 10.00. The van der Waals surface area contributed by atoms with Gasteiger partial charge in [-0.3, -0.25) is 9.88 Å². The number of aromatic nitrogens is 1. The van der Waals surface area contributed by atoms with Crippen LogP contribution in [0.3, 0.4) is 0 Å². The van der Waals surface area contributed by atoms with Crippen molar-refractivity contribution in [3.63, 3.8) is 0 Å². The fraction of sp³-hybridized carbons (Fsp3) is 0.522. The molecule has 3 nitrogen and oxygen atoms in total. The SMILES string of the molecule is C=CC1CN2CCC1CC2C(O)c1cc(CC(C)C)nc2ccccc12. The van der Waals surface area contributed by atoms with Gasteiger partial charge in [-0.25, -0.2) is 0 Å². The van der Waals surface area contributed by atoms with Crippen molar-refractivity contribution in [3.8, 4) is 0 Å². The molecule has 5 rings (SSSR count). The number of aliphatic hydroxyl groups is 1. The molecule has 0 spiro atoms. The highest BCUT2D eigenvalue weighted by atomic mass is 16.3. The van der Waals surface area contributed by atoms with E-state index in [1.807, 2.05) is 12.1 Å². The zero-order valence-corrected chi connectivity index (χ0v) is 15.9. The summed E-state index contributed by atoms with van der Waals surface area (Å²) in [5, 5.41) is 12.5. The van der Waals surface area contributed by atoms with Crippen LogP contribution in [0.1, 0.15) is 44.1 Å². The molecule has 4 heterocycles. The number of aliphatic hydroxyl groups excluding tert-OH is 1. The molecular weight excluding hydrogens is 320 g/mol. The van der Waals surface area contributed by atoms with Gasteiger partial charge in [-0.15, -0.1) is 6.58 Å². The molecule has 3 fully saturated rings. The highest BCUT2D eigenvalue weighted by molar-refractivity contribution is 5.82. The van der Waals surface area contributed by atoms with Crippen molar-refractivity contribution in [1.29, 1.82) is 0 Å². The number of benzene rings is 1. The van der Waals surface area contributed by atoms with Crippen LogP contribution in [-0.2, 0) is 6.42 Å².